The van der Waals surface area contributed by atoms with Gasteiger partial charge in [-0.3, -0.25) is 9.78 Å². The first-order chi connectivity index (χ1) is 7.15. The summed E-state index contributed by atoms with van der Waals surface area (Å²) in [5.74, 6) is -0.227. The Morgan fingerprint density at radius 2 is 2.40 bits per heavy atom. The number of pyridine rings is 1. The number of nitrogen functional groups attached to an aromatic ring is 1. The van der Waals surface area contributed by atoms with Gasteiger partial charge in [-0.1, -0.05) is 0 Å². The standard InChI is InChI=1S/C10H15N3O2/c1-13(6-4-10(14)15-2)9-3-5-12-7-8(9)11/h3,5,7H,4,6,11H2,1-2H3. The summed E-state index contributed by atoms with van der Waals surface area (Å²) >= 11 is 0. The smallest absolute Gasteiger partial charge is 0.307 e. The number of carbonyl (C=O) groups is 1. The van der Waals surface area contributed by atoms with Crippen LogP contribution in [0, 0.1) is 0 Å². The van der Waals surface area contributed by atoms with Gasteiger partial charge < -0.3 is 15.4 Å². The molecular weight excluding hydrogens is 194 g/mol. The minimum atomic E-state index is -0.227. The van der Waals surface area contributed by atoms with Gasteiger partial charge in [-0.2, -0.15) is 0 Å². The topological polar surface area (TPSA) is 68.5 Å². The van der Waals surface area contributed by atoms with E-state index >= 15 is 0 Å². The summed E-state index contributed by atoms with van der Waals surface area (Å²) in [7, 11) is 3.25. The van der Waals surface area contributed by atoms with Crippen molar-refractivity contribution in [3.8, 4) is 0 Å². The molecule has 0 aliphatic rings. The van der Waals surface area contributed by atoms with Crippen LogP contribution in [0.3, 0.4) is 0 Å². The lowest BCUT2D eigenvalue weighted by molar-refractivity contribution is -0.140. The van der Waals surface area contributed by atoms with Crippen LogP contribution in [0.1, 0.15) is 6.42 Å². The Kier molecular flexibility index (Phi) is 3.91. The van der Waals surface area contributed by atoms with E-state index in [2.05, 4.69) is 9.72 Å². The quantitative estimate of drug-likeness (QED) is 0.738. The molecule has 15 heavy (non-hydrogen) atoms. The largest absolute Gasteiger partial charge is 0.469 e. The van der Waals surface area contributed by atoms with Gasteiger partial charge in [0.05, 0.1) is 31.1 Å². The van der Waals surface area contributed by atoms with Crippen LogP contribution in [-0.2, 0) is 9.53 Å². The number of methoxy groups -OCH3 is 1. The second kappa shape index (κ2) is 5.19. The van der Waals surface area contributed by atoms with Crippen molar-refractivity contribution in [2.45, 2.75) is 6.42 Å². The maximum atomic E-state index is 10.9. The molecule has 5 nitrogen and oxygen atoms in total. The summed E-state index contributed by atoms with van der Waals surface area (Å²) in [5.41, 5.74) is 7.21. The Labute approximate surface area is 88.9 Å². The summed E-state index contributed by atoms with van der Waals surface area (Å²) in [4.78, 5) is 16.7. The Hall–Kier alpha value is -1.78. The van der Waals surface area contributed by atoms with Crippen LogP contribution in [0.4, 0.5) is 11.4 Å². The number of anilines is 2. The van der Waals surface area contributed by atoms with Crippen molar-refractivity contribution in [3.05, 3.63) is 18.5 Å². The van der Waals surface area contributed by atoms with Crippen molar-refractivity contribution in [1.29, 1.82) is 0 Å². The lowest BCUT2D eigenvalue weighted by atomic mass is 10.3. The van der Waals surface area contributed by atoms with Crippen LogP contribution in [-0.4, -0.2) is 31.7 Å². The van der Waals surface area contributed by atoms with Crippen molar-refractivity contribution in [1.82, 2.24) is 4.98 Å². The Morgan fingerprint density at radius 1 is 1.67 bits per heavy atom. The third-order valence-corrected chi connectivity index (χ3v) is 2.12. The molecule has 1 aromatic heterocycles. The first-order valence-corrected chi connectivity index (χ1v) is 4.62. The summed E-state index contributed by atoms with van der Waals surface area (Å²) < 4.78 is 4.56. The molecule has 0 amide bonds. The summed E-state index contributed by atoms with van der Waals surface area (Å²) in [6, 6.07) is 1.81. The van der Waals surface area contributed by atoms with Gasteiger partial charge in [0.15, 0.2) is 0 Å². The maximum absolute atomic E-state index is 10.9. The van der Waals surface area contributed by atoms with Gasteiger partial charge in [0.1, 0.15) is 0 Å². The summed E-state index contributed by atoms with van der Waals surface area (Å²) in [6.07, 6.45) is 3.60. The highest BCUT2D eigenvalue weighted by molar-refractivity contribution is 5.71. The van der Waals surface area contributed by atoms with Gasteiger partial charge in [-0.15, -0.1) is 0 Å². The molecule has 0 aliphatic carbocycles. The normalized spacial score (nSPS) is 9.73. The Morgan fingerprint density at radius 3 is 3.00 bits per heavy atom. The van der Waals surface area contributed by atoms with Gasteiger partial charge in [0.25, 0.3) is 0 Å². The highest BCUT2D eigenvalue weighted by Crippen LogP contribution is 2.19. The average Bonchev–Trinajstić information content (AvgIpc) is 2.26. The molecule has 0 aliphatic heterocycles. The van der Waals surface area contributed by atoms with Crippen molar-refractivity contribution < 1.29 is 9.53 Å². The van der Waals surface area contributed by atoms with Crippen LogP contribution >= 0.6 is 0 Å². The Balaban J connectivity index is 2.57. The summed E-state index contributed by atoms with van der Waals surface area (Å²) in [6.45, 7) is 0.570. The van der Waals surface area contributed by atoms with Gasteiger partial charge in [0, 0.05) is 19.8 Å². The fraction of sp³-hybridized carbons (Fsp3) is 0.400. The molecule has 0 spiro atoms. The summed E-state index contributed by atoms with van der Waals surface area (Å²) in [5, 5.41) is 0. The van der Waals surface area contributed by atoms with E-state index in [0.717, 1.165) is 5.69 Å². The van der Waals surface area contributed by atoms with Crippen molar-refractivity contribution >= 4 is 17.3 Å². The molecule has 0 atom stereocenters. The monoisotopic (exact) mass is 209 g/mol. The van der Waals surface area contributed by atoms with E-state index in [9.17, 15) is 4.79 Å². The predicted molar refractivity (Wildman–Crippen MR) is 58.6 cm³/mol. The van der Waals surface area contributed by atoms with Crippen LogP contribution in [0.15, 0.2) is 18.5 Å². The number of ether oxygens (including phenoxy) is 1. The minimum Gasteiger partial charge on any atom is -0.469 e. The molecule has 0 unspecified atom stereocenters. The molecular formula is C10H15N3O2. The fourth-order valence-electron chi connectivity index (χ4n) is 1.23. The molecule has 1 heterocycles. The average molecular weight is 209 g/mol. The molecule has 0 bridgehead atoms. The molecule has 5 heteroatoms. The maximum Gasteiger partial charge on any atom is 0.307 e. The van der Waals surface area contributed by atoms with E-state index in [1.165, 1.54) is 7.11 Å². The number of rotatable bonds is 4. The highest BCUT2D eigenvalue weighted by Gasteiger charge is 2.07. The van der Waals surface area contributed by atoms with E-state index in [4.69, 9.17) is 5.73 Å². The van der Waals surface area contributed by atoms with Crippen molar-refractivity contribution in [2.24, 2.45) is 0 Å². The second-order valence-electron chi connectivity index (χ2n) is 3.18. The van der Waals surface area contributed by atoms with Crippen LogP contribution < -0.4 is 10.6 Å². The highest BCUT2D eigenvalue weighted by atomic mass is 16.5. The molecule has 82 valence electrons. The molecule has 1 aromatic rings. The number of aromatic nitrogens is 1. The first-order valence-electron chi connectivity index (χ1n) is 4.62. The van der Waals surface area contributed by atoms with Crippen LogP contribution in [0.5, 0.6) is 0 Å². The SMILES string of the molecule is COC(=O)CCN(C)c1ccncc1N. The van der Waals surface area contributed by atoms with Gasteiger partial charge in [-0.25, -0.2) is 0 Å². The molecule has 0 fully saturated rings. The number of hydrogen-bond acceptors (Lipinski definition) is 5. The molecule has 2 N–H and O–H groups in total. The lowest BCUT2D eigenvalue weighted by Gasteiger charge is -2.19. The molecule has 0 saturated heterocycles. The van der Waals surface area contributed by atoms with Gasteiger partial charge >= 0.3 is 5.97 Å². The predicted octanol–water partition coefficient (Wildman–Crippen LogP) is 0.663. The second-order valence-corrected chi connectivity index (χ2v) is 3.18. The number of carbonyl (C=O) groups excluding carboxylic acids is 1. The number of hydrogen-bond donors (Lipinski definition) is 1. The first kappa shape index (κ1) is 11.3. The van der Waals surface area contributed by atoms with Crippen molar-refractivity contribution in [3.63, 3.8) is 0 Å². The van der Waals surface area contributed by atoms with E-state index < -0.39 is 0 Å². The number of nitrogens with zero attached hydrogens (tertiary/aromatic N) is 2. The molecule has 1 rings (SSSR count). The van der Waals surface area contributed by atoms with E-state index in [0.29, 0.717) is 18.7 Å². The molecule has 0 saturated carbocycles. The molecule has 0 radical (unpaired) electrons. The fourth-order valence-corrected chi connectivity index (χ4v) is 1.23. The number of nitrogens with two attached hydrogens (primary N) is 1. The van der Waals surface area contributed by atoms with Crippen LogP contribution in [0.2, 0.25) is 0 Å². The third kappa shape index (κ3) is 3.12. The van der Waals surface area contributed by atoms with E-state index in [1.807, 2.05) is 18.0 Å². The zero-order chi connectivity index (χ0) is 11.3. The lowest BCUT2D eigenvalue weighted by Crippen LogP contribution is -2.22. The minimum absolute atomic E-state index is 0.227. The Bertz CT molecular complexity index is 341. The van der Waals surface area contributed by atoms with E-state index in [-0.39, 0.29) is 5.97 Å². The number of esters is 1. The van der Waals surface area contributed by atoms with Gasteiger partial charge in [0.2, 0.25) is 0 Å². The van der Waals surface area contributed by atoms with Crippen LogP contribution in [0.25, 0.3) is 0 Å². The zero-order valence-electron chi connectivity index (χ0n) is 8.93. The van der Waals surface area contributed by atoms with E-state index in [1.54, 1.807) is 12.4 Å². The van der Waals surface area contributed by atoms with Crippen molar-refractivity contribution in [2.75, 3.05) is 31.3 Å². The molecule has 0 aromatic carbocycles. The van der Waals surface area contributed by atoms with Gasteiger partial charge in [-0.05, 0) is 6.07 Å². The third-order valence-electron chi connectivity index (χ3n) is 2.12. The zero-order valence-corrected chi connectivity index (χ0v) is 8.93.